The first kappa shape index (κ1) is 17.5. The zero-order chi connectivity index (χ0) is 19.2. The molecule has 1 saturated heterocycles. The predicted octanol–water partition coefficient (Wildman–Crippen LogP) is 3.65. The maximum Gasteiger partial charge on any atom is 0.346 e. The Morgan fingerprint density at radius 1 is 0.852 bits per heavy atom. The summed E-state index contributed by atoms with van der Waals surface area (Å²) in [6.07, 6.45) is 0. The summed E-state index contributed by atoms with van der Waals surface area (Å²) in [5.74, 6) is -0.812. The monoisotopic (exact) mass is 400 g/mol. The molecule has 1 aliphatic heterocycles. The molecule has 6 nitrogen and oxygen atoms in total. The van der Waals surface area contributed by atoms with Crippen molar-refractivity contribution >= 4 is 50.0 Å². The molecule has 1 aliphatic rings. The number of benzene rings is 3. The maximum absolute atomic E-state index is 13.0. The fourth-order valence-corrected chi connectivity index (χ4v) is 4.54. The molecule has 0 bridgehead atoms. The molecule has 0 unspecified atom stereocenters. The number of imide groups is 1. The fraction of sp³-hybridized carbons (Fsp3) is 0.0526. The lowest BCUT2D eigenvalue weighted by Crippen LogP contribution is -2.38. The van der Waals surface area contributed by atoms with Gasteiger partial charge in [-0.15, -0.1) is 4.31 Å². The van der Waals surface area contributed by atoms with E-state index in [9.17, 15) is 18.0 Å². The molecule has 0 radical (unpaired) electrons. The molecule has 136 valence electrons. The van der Waals surface area contributed by atoms with Crippen molar-refractivity contribution in [1.82, 2.24) is 4.31 Å². The summed E-state index contributed by atoms with van der Waals surface area (Å²) in [6.45, 7) is -0.369. The third-order valence-corrected chi connectivity index (χ3v) is 6.23. The Morgan fingerprint density at radius 3 is 2.33 bits per heavy atom. The molecule has 27 heavy (non-hydrogen) atoms. The average molecular weight is 401 g/mol. The SMILES string of the molecule is O=C1CN(c2cccc(Cl)c2)C(=O)N1S(=O)(=O)c1ccc2ccccc2c1. The number of carbonyl (C=O) groups excluding carboxylic acids is 2. The summed E-state index contributed by atoms with van der Waals surface area (Å²) in [6, 6.07) is 17.1. The van der Waals surface area contributed by atoms with Crippen LogP contribution in [0.5, 0.6) is 0 Å². The van der Waals surface area contributed by atoms with Crippen molar-refractivity contribution in [3.63, 3.8) is 0 Å². The average Bonchev–Trinajstić information content (AvgIpc) is 2.96. The van der Waals surface area contributed by atoms with E-state index in [-0.39, 0.29) is 11.4 Å². The van der Waals surface area contributed by atoms with E-state index in [1.54, 1.807) is 36.4 Å². The molecular weight excluding hydrogens is 388 g/mol. The molecule has 3 aromatic carbocycles. The number of rotatable bonds is 3. The fourth-order valence-electron chi connectivity index (χ4n) is 3.00. The van der Waals surface area contributed by atoms with Gasteiger partial charge in [0.1, 0.15) is 6.54 Å². The highest BCUT2D eigenvalue weighted by Crippen LogP contribution is 2.29. The molecule has 4 rings (SSSR count). The largest absolute Gasteiger partial charge is 0.346 e. The Labute approximate surface area is 160 Å². The summed E-state index contributed by atoms with van der Waals surface area (Å²) < 4.78 is 26.3. The van der Waals surface area contributed by atoms with Crippen molar-refractivity contribution in [3.8, 4) is 0 Å². The van der Waals surface area contributed by atoms with Crippen LogP contribution in [0.3, 0.4) is 0 Å². The Morgan fingerprint density at radius 2 is 1.59 bits per heavy atom. The quantitative estimate of drug-likeness (QED) is 0.629. The summed E-state index contributed by atoms with van der Waals surface area (Å²) in [4.78, 5) is 26.1. The van der Waals surface area contributed by atoms with Crippen LogP contribution in [0.1, 0.15) is 0 Å². The van der Waals surface area contributed by atoms with Crippen LogP contribution in [0, 0.1) is 0 Å². The van der Waals surface area contributed by atoms with Crippen molar-refractivity contribution in [1.29, 1.82) is 0 Å². The van der Waals surface area contributed by atoms with Gasteiger partial charge in [0.05, 0.1) is 4.90 Å². The van der Waals surface area contributed by atoms with Crippen LogP contribution in [-0.2, 0) is 14.8 Å². The lowest BCUT2D eigenvalue weighted by Gasteiger charge is -2.17. The van der Waals surface area contributed by atoms with Gasteiger partial charge in [0.25, 0.3) is 15.9 Å². The Hall–Kier alpha value is -2.90. The van der Waals surface area contributed by atoms with Crippen LogP contribution in [0.25, 0.3) is 10.8 Å². The van der Waals surface area contributed by atoms with Gasteiger partial charge in [-0.2, -0.15) is 0 Å². The normalized spacial score (nSPS) is 15.0. The number of anilines is 1. The highest BCUT2D eigenvalue weighted by Gasteiger charge is 2.45. The van der Waals surface area contributed by atoms with E-state index in [0.717, 1.165) is 10.3 Å². The molecular formula is C19H13ClN2O4S. The molecule has 8 heteroatoms. The van der Waals surface area contributed by atoms with Crippen LogP contribution in [0.15, 0.2) is 71.6 Å². The minimum atomic E-state index is -4.32. The highest BCUT2D eigenvalue weighted by atomic mass is 35.5. The number of sulfonamides is 1. The van der Waals surface area contributed by atoms with Gasteiger partial charge in [-0.3, -0.25) is 9.69 Å². The second-order valence-corrected chi connectivity index (χ2v) is 8.24. The summed E-state index contributed by atoms with van der Waals surface area (Å²) in [7, 11) is -4.32. The third kappa shape index (κ3) is 2.94. The van der Waals surface area contributed by atoms with Crippen molar-refractivity contribution in [2.45, 2.75) is 4.90 Å². The molecule has 0 atom stereocenters. The van der Waals surface area contributed by atoms with Gasteiger partial charge in [0, 0.05) is 10.7 Å². The molecule has 0 aromatic heterocycles. The number of halogens is 1. The smallest absolute Gasteiger partial charge is 0.284 e. The molecule has 0 aliphatic carbocycles. The zero-order valence-electron chi connectivity index (χ0n) is 13.9. The van der Waals surface area contributed by atoms with E-state index < -0.39 is 22.0 Å². The Balaban J connectivity index is 1.74. The van der Waals surface area contributed by atoms with Crippen molar-refractivity contribution < 1.29 is 18.0 Å². The maximum atomic E-state index is 13.0. The molecule has 1 heterocycles. The minimum Gasteiger partial charge on any atom is -0.284 e. The number of hydrogen-bond acceptors (Lipinski definition) is 4. The van der Waals surface area contributed by atoms with E-state index >= 15 is 0 Å². The third-order valence-electron chi connectivity index (χ3n) is 4.30. The molecule has 3 amide bonds. The number of nitrogens with zero attached hydrogens (tertiary/aromatic N) is 2. The summed E-state index contributed by atoms with van der Waals surface area (Å²) in [5, 5.41) is 1.93. The zero-order valence-corrected chi connectivity index (χ0v) is 15.4. The Kier molecular flexibility index (Phi) is 4.13. The molecule has 0 saturated carbocycles. The van der Waals surface area contributed by atoms with Crippen LogP contribution < -0.4 is 4.90 Å². The molecule has 1 fully saturated rings. The lowest BCUT2D eigenvalue weighted by molar-refractivity contribution is -0.121. The van der Waals surface area contributed by atoms with E-state index in [1.165, 1.54) is 18.2 Å². The van der Waals surface area contributed by atoms with Crippen molar-refractivity contribution in [2.75, 3.05) is 11.4 Å². The van der Waals surface area contributed by atoms with Crippen molar-refractivity contribution in [3.05, 3.63) is 71.8 Å². The van der Waals surface area contributed by atoms with Crippen LogP contribution in [0.4, 0.5) is 10.5 Å². The van der Waals surface area contributed by atoms with Crippen molar-refractivity contribution in [2.24, 2.45) is 0 Å². The second kappa shape index (κ2) is 6.37. The van der Waals surface area contributed by atoms with E-state index in [1.807, 2.05) is 12.1 Å². The van der Waals surface area contributed by atoms with E-state index in [4.69, 9.17) is 11.6 Å². The van der Waals surface area contributed by atoms with E-state index in [2.05, 4.69) is 0 Å². The summed E-state index contributed by atoms with van der Waals surface area (Å²) >= 11 is 5.93. The number of hydrogen-bond donors (Lipinski definition) is 0. The first-order valence-electron chi connectivity index (χ1n) is 8.02. The van der Waals surface area contributed by atoms with Gasteiger partial charge in [0.2, 0.25) is 0 Å². The lowest BCUT2D eigenvalue weighted by atomic mass is 10.1. The number of amides is 3. The highest BCUT2D eigenvalue weighted by molar-refractivity contribution is 7.90. The number of carbonyl (C=O) groups is 2. The molecule has 3 aromatic rings. The van der Waals surface area contributed by atoms with Crippen LogP contribution >= 0.6 is 11.6 Å². The topological polar surface area (TPSA) is 74.8 Å². The predicted molar refractivity (Wildman–Crippen MR) is 102 cm³/mol. The van der Waals surface area contributed by atoms with Gasteiger partial charge in [0.15, 0.2) is 0 Å². The van der Waals surface area contributed by atoms with Gasteiger partial charge in [-0.05, 0) is 41.1 Å². The Bertz CT molecular complexity index is 1190. The first-order valence-corrected chi connectivity index (χ1v) is 9.84. The standard InChI is InChI=1S/C19H13ClN2O4S/c20-15-6-3-7-16(11-15)21-12-18(23)22(19(21)24)27(25,26)17-9-8-13-4-1-2-5-14(13)10-17/h1-11H,12H2. The van der Waals surface area contributed by atoms with Crippen LogP contribution in [-0.4, -0.2) is 31.2 Å². The van der Waals surface area contributed by atoms with Gasteiger partial charge >= 0.3 is 6.03 Å². The van der Waals surface area contributed by atoms with E-state index in [0.29, 0.717) is 20.4 Å². The molecule has 0 spiro atoms. The first-order chi connectivity index (χ1) is 12.9. The number of urea groups is 1. The van der Waals surface area contributed by atoms with Crippen LogP contribution in [0.2, 0.25) is 5.02 Å². The van der Waals surface area contributed by atoms with Gasteiger partial charge in [-0.1, -0.05) is 48.0 Å². The second-order valence-electron chi connectivity index (χ2n) is 6.02. The van der Waals surface area contributed by atoms with Gasteiger partial charge in [-0.25, -0.2) is 13.2 Å². The minimum absolute atomic E-state index is 0.115. The number of fused-ring (bicyclic) bond motifs is 1. The van der Waals surface area contributed by atoms with Gasteiger partial charge < -0.3 is 0 Å². The summed E-state index contributed by atoms with van der Waals surface area (Å²) in [5.41, 5.74) is 0.358. The molecule has 0 N–H and O–H groups in total.